The highest BCUT2D eigenvalue weighted by atomic mass is 19.1. The number of benzene rings is 2. The molecule has 0 aliphatic rings. The first-order valence-electron chi connectivity index (χ1n) is 5.05. The molecule has 0 aliphatic carbocycles. The van der Waals surface area contributed by atoms with Gasteiger partial charge in [0.05, 0.1) is 0 Å². The van der Waals surface area contributed by atoms with Crippen molar-refractivity contribution in [3.63, 3.8) is 0 Å². The Labute approximate surface area is 94.8 Å². The third kappa shape index (κ3) is 2.14. The number of hydrogen-bond donors (Lipinski definition) is 1. The maximum atomic E-state index is 13.4. The van der Waals surface area contributed by atoms with E-state index in [1.165, 1.54) is 6.07 Å². The Balaban J connectivity index is 2.45. The molecule has 2 aromatic rings. The van der Waals surface area contributed by atoms with E-state index in [1.807, 2.05) is 31.2 Å². The summed E-state index contributed by atoms with van der Waals surface area (Å²) in [6.45, 7) is 2.00. The van der Waals surface area contributed by atoms with Crippen molar-refractivity contribution in [1.29, 1.82) is 0 Å². The lowest BCUT2D eigenvalue weighted by molar-refractivity contribution is 0.602. The van der Waals surface area contributed by atoms with Crippen LogP contribution in [0.2, 0.25) is 0 Å². The number of halogens is 1. The van der Waals surface area contributed by atoms with Crippen LogP contribution in [0.1, 0.15) is 5.56 Å². The van der Waals surface area contributed by atoms with Crippen LogP contribution in [0.25, 0.3) is 11.1 Å². The molecule has 0 aromatic heterocycles. The molecule has 0 spiro atoms. The van der Waals surface area contributed by atoms with Crippen molar-refractivity contribution in [3.05, 3.63) is 53.8 Å². The Kier molecular flexibility index (Phi) is 3.06. The maximum Gasteiger partial charge on any atom is 0.329 e. The van der Waals surface area contributed by atoms with E-state index in [0.29, 0.717) is 0 Å². The molecular weight excluding hydrogens is 202 g/mol. The summed E-state index contributed by atoms with van der Waals surface area (Å²) in [6, 6.07) is 12.6. The van der Waals surface area contributed by atoms with Crippen LogP contribution in [0.15, 0.2) is 42.5 Å². The molecule has 2 aromatic carbocycles. The fourth-order valence-electron chi connectivity index (χ4n) is 1.64. The zero-order valence-corrected chi connectivity index (χ0v) is 8.94. The summed E-state index contributed by atoms with van der Waals surface area (Å²) in [5.41, 5.74) is 3.13. The van der Waals surface area contributed by atoms with Crippen LogP contribution >= 0.6 is 0 Å². The SMILES string of the molecule is Cc1cccc(-c2ccc([B]O)c(F)c2)c1. The topological polar surface area (TPSA) is 20.2 Å². The van der Waals surface area contributed by atoms with Gasteiger partial charge < -0.3 is 5.02 Å². The number of aryl methyl sites for hydroxylation is 1. The van der Waals surface area contributed by atoms with Crippen molar-refractivity contribution in [1.82, 2.24) is 0 Å². The second-order valence-electron chi connectivity index (χ2n) is 3.73. The molecule has 79 valence electrons. The second kappa shape index (κ2) is 4.50. The molecule has 0 unspecified atom stereocenters. The minimum atomic E-state index is -0.415. The van der Waals surface area contributed by atoms with Gasteiger partial charge in [-0.2, -0.15) is 0 Å². The van der Waals surface area contributed by atoms with Crippen LogP contribution in [0, 0.1) is 12.7 Å². The molecule has 16 heavy (non-hydrogen) atoms. The fraction of sp³-hybridized carbons (Fsp3) is 0.0769. The quantitative estimate of drug-likeness (QED) is 0.756. The van der Waals surface area contributed by atoms with Crippen LogP contribution in [-0.2, 0) is 0 Å². The first-order chi connectivity index (χ1) is 7.70. The van der Waals surface area contributed by atoms with E-state index in [9.17, 15) is 4.39 Å². The Morgan fingerprint density at radius 2 is 1.81 bits per heavy atom. The summed E-state index contributed by atoms with van der Waals surface area (Å²) in [7, 11) is 0.773. The lowest BCUT2D eigenvalue weighted by Crippen LogP contribution is -2.17. The van der Waals surface area contributed by atoms with Crippen LogP contribution in [-0.4, -0.2) is 12.5 Å². The van der Waals surface area contributed by atoms with Gasteiger partial charge in [0.1, 0.15) is 5.82 Å². The van der Waals surface area contributed by atoms with E-state index < -0.39 is 5.82 Å². The minimum Gasteiger partial charge on any atom is -0.450 e. The maximum absolute atomic E-state index is 13.4. The third-order valence-electron chi connectivity index (χ3n) is 2.49. The summed E-state index contributed by atoms with van der Waals surface area (Å²) in [6.07, 6.45) is 0. The molecule has 0 atom stereocenters. The highest BCUT2D eigenvalue weighted by molar-refractivity contribution is 6.45. The Morgan fingerprint density at radius 3 is 2.44 bits per heavy atom. The molecule has 0 fully saturated rings. The van der Waals surface area contributed by atoms with E-state index in [4.69, 9.17) is 5.02 Å². The van der Waals surface area contributed by atoms with E-state index in [2.05, 4.69) is 0 Å². The third-order valence-corrected chi connectivity index (χ3v) is 2.49. The van der Waals surface area contributed by atoms with Crippen molar-refractivity contribution in [2.45, 2.75) is 6.92 Å². The van der Waals surface area contributed by atoms with Gasteiger partial charge in [0.2, 0.25) is 0 Å². The first kappa shape index (κ1) is 10.9. The Morgan fingerprint density at radius 1 is 1.06 bits per heavy atom. The van der Waals surface area contributed by atoms with E-state index in [1.54, 1.807) is 12.1 Å². The average Bonchev–Trinajstić information content (AvgIpc) is 2.29. The van der Waals surface area contributed by atoms with Crippen LogP contribution in [0.5, 0.6) is 0 Å². The largest absolute Gasteiger partial charge is 0.450 e. The zero-order chi connectivity index (χ0) is 11.5. The molecule has 2 rings (SSSR count). The lowest BCUT2D eigenvalue weighted by Gasteiger charge is -2.05. The smallest absolute Gasteiger partial charge is 0.329 e. The van der Waals surface area contributed by atoms with Crippen molar-refractivity contribution in [2.24, 2.45) is 0 Å². The van der Waals surface area contributed by atoms with Gasteiger partial charge in [-0.05, 0) is 29.6 Å². The van der Waals surface area contributed by atoms with Gasteiger partial charge in [-0.1, -0.05) is 42.0 Å². The summed E-state index contributed by atoms with van der Waals surface area (Å²) in [5.74, 6) is -0.415. The highest BCUT2D eigenvalue weighted by Gasteiger charge is 2.05. The van der Waals surface area contributed by atoms with Gasteiger partial charge >= 0.3 is 7.48 Å². The van der Waals surface area contributed by atoms with E-state index in [0.717, 1.165) is 24.2 Å². The van der Waals surface area contributed by atoms with Crippen LogP contribution in [0.4, 0.5) is 4.39 Å². The molecule has 1 nitrogen and oxygen atoms in total. The number of hydrogen-bond acceptors (Lipinski definition) is 1. The molecule has 0 aliphatic heterocycles. The molecule has 1 N–H and O–H groups in total. The van der Waals surface area contributed by atoms with Gasteiger partial charge in [0.25, 0.3) is 0 Å². The molecule has 1 radical (unpaired) electrons. The Hall–Kier alpha value is -1.61. The van der Waals surface area contributed by atoms with Crippen molar-refractivity contribution >= 4 is 12.9 Å². The van der Waals surface area contributed by atoms with Gasteiger partial charge in [-0.25, -0.2) is 4.39 Å². The zero-order valence-electron chi connectivity index (χ0n) is 8.94. The number of rotatable bonds is 2. The molecular formula is C13H11BFO. The lowest BCUT2D eigenvalue weighted by atomic mass is 9.87. The van der Waals surface area contributed by atoms with E-state index in [-0.39, 0.29) is 5.46 Å². The minimum absolute atomic E-state index is 0.205. The van der Waals surface area contributed by atoms with E-state index >= 15 is 0 Å². The van der Waals surface area contributed by atoms with Gasteiger partial charge in [-0.3, -0.25) is 0 Å². The average molecular weight is 213 g/mol. The summed E-state index contributed by atoms with van der Waals surface area (Å²) < 4.78 is 13.4. The van der Waals surface area contributed by atoms with Crippen molar-refractivity contribution in [2.75, 3.05) is 0 Å². The monoisotopic (exact) mass is 213 g/mol. The first-order valence-corrected chi connectivity index (χ1v) is 5.05. The summed E-state index contributed by atoms with van der Waals surface area (Å²) in [5, 5.41) is 8.76. The van der Waals surface area contributed by atoms with Crippen molar-refractivity contribution < 1.29 is 9.41 Å². The van der Waals surface area contributed by atoms with Gasteiger partial charge in [0.15, 0.2) is 0 Å². The fourth-order valence-corrected chi connectivity index (χ4v) is 1.64. The second-order valence-corrected chi connectivity index (χ2v) is 3.73. The normalized spacial score (nSPS) is 10.2. The van der Waals surface area contributed by atoms with Crippen molar-refractivity contribution in [3.8, 4) is 11.1 Å². The van der Waals surface area contributed by atoms with Crippen LogP contribution < -0.4 is 5.46 Å². The predicted molar refractivity (Wildman–Crippen MR) is 64.2 cm³/mol. The molecule has 0 saturated carbocycles. The molecule has 0 saturated heterocycles. The van der Waals surface area contributed by atoms with Crippen LogP contribution in [0.3, 0.4) is 0 Å². The van der Waals surface area contributed by atoms with Gasteiger partial charge in [0, 0.05) is 0 Å². The van der Waals surface area contributed by atoms with Gasteiger partial charge in [-0.15, -0.1) is 0 Å². The summed E-state index contributed by atoms with van der Waals surface area (Å²) >= 11 is 0. The summed E-state index contributed by atoms with van der Waals surface area (Å²) in [4.78, 5) is 0. The standard InChI is InChI=1S/C13H11BFO/c1-9-3-2-4-10(7-9)11-5-6-12(14-16)13(15)8-11/h2-8,16H,1H3. The molecule has 3 heteroatoms. The molecule has 0 heterocycles. The predicted octanol–water partition coefficient (Wildman–Crippen LogP) is 2.04. The highest BCUT2D eigenvalue weighted by Crippen LogP contribution is 2.20. The molecule has 0 bridgehead atoms. The molecule has 0 amide bonds. The Bertz CT molecular complexity index is 511.